The first-order valence-corrected chi connectivity index (χ1v) is 5.39. The van der Waals surface area contributed by atoms with Gasteiger partial charge in [-0.05, 0) is 30.2 Å². The molecule has 0 aliphatic rings. The Hall–Kier alpha value is -0.380. The van der Waals surface area contributed by atoms with E-state index in [4.69, 9.17) is 16.7 Å². The van der Waals surface area contributed by atoms with Crippen LogP contribution >= 0.6 is 27.5 Å². The summed E-state index contributed by atoms with van der Waals surface area (Å²) in [6.45, 7) is 1.38. The number of carbonyl (C=O) groups is 1. The zero-order valence-electron chi connectivity index (χ0n) is 7.63. The summed E-state index contributed by atoms with van der Waals surface area (Å²) in [5.74, 6) is 0.00187. The van der Waals surface area contributed by atoms with Crippen molar-refractivity contribution in [1.29, 1.82) is 0 Å². The third-order valence-corrected chi connectivity index (χ3v) is 3.28. The molecule has 14 heavy (non-hydrogen) atoms. The van der Waals surface area contributed by atoms with Gasteiger partial charge in [0.05, 0.1) is 11.4 Å². The molecular weight excluding hydrogens is 267 g/mol. The normalized spacial score (nSPS) is 12.6. The monoisotopic (exact) mass is 276 g/mol. The Morgan fingerprint density at radius 2 is 2.29 bits per heavy atom. The average Bonchev–Trinajstić information content (AvgIpc) is 2.16. The van der Waals surface area contributed by atoms with Gasteiger partial charge >= 0.3 is 0 Å². The van der Waals surface area contributed by atoms with Crippen LogP contribution in [0.2, 0.25) is 5.02 Å². The summed E-state index contributed by atoms with van der Waals surface area (Å²) in [5, 5.41) is 9.64. The van der Waals surface area contributed by atoms with Gasteiger partial charge in [-0.1, -0.05) is 33.6 Å². The first kappa shape index (κ1) is 11.7. The molecule has 0 aromatic heterocycles. The molecule has 4 heteroatoms. The summed E-state index contributed by atoms with van der Waals surface area (Å²) in [4.78, 5) is 10.8. The van der Waals surface area contributed by atoms with Crippen molar-refractivity contribution >= 4 is 33.3 Å². The molecule has 1 aromatic rings. The molecule has 0 spiro atoms. The molecule has 0 aliphatic heterocycles. The van der Waals surface area contributed by atoms with Crippen LogP contribution < -0.4 is 0 Å². The number of aliphatic hydroxyl groups is 1. The predicted octanol–water partition coefficient (Wildman–Crippen LogP) is 2.86. The number of carbonyl (C=O) groups excluding carboxylic acids is 1. The van der Waals surface area contributed by atoms with E-state index in [2.05, 4.69) is 15.9 Å². The van der Waals surface area contributed by atoms with Crippen LogP contribution in [0, 0.1) is 0 Å². The van der Waals surface area contributed by atoms with Gasteiger partial charge < -0.3 is 5.11 Å². The standard InChI is InChI=1S/C10H10BrClO2/c1-6(14)10(11)9-3-2-8(12)4-7(9)5-13/h2-4,10,13H,5H2,1H3. The van der Waals surface area contributed by atoms with Crippen LogP contribution in [0.15, 0.2) is 18.2 Å². The molecule has 2 nitrogen and oxygen atoms in total. The fourth-order valence-electron chi connectivity index (χ4n) is 1.18. The predicted molar refractivity (Wildman–Crippen MR) is 59.7 cm³/mol. The summed E-state index contributed by atoms with van der Waals surface area (Å²) < 4.78 is 0. The Morgan fingerprint density at radius 3 is 2.79 bits per heavy atom. The fraction of sp³-hybridized carbons (Fsp3) is 0.300. The van der Waals surface area contributed by atoms with Crippen LogP contribution in [0.25, 0.3) is 0 Å². The largest absolute Gasteiger partial charge is 0.392 e. The molecule has 1 rings (SSSR count). The van der Waals surface area contributed by atoms with Gasteiger partial charge in [0.15, 0.2) is 0 Å². The number of benzene rings is 1. The number of halogens is 2. The van der Waals surface area contributed by atoms with Gasteiger partial charge in [0, 0.05) is 5.02 Å². The summed E-state index contributed by atoms with van der Waals surface area (Å²) in [6, 6.07) is 5.11. The van der Waals surface area contributed by atoms with Crippen LogP contribution in [-0.4, -0.2) is 10.9 Å². The lowest BCUT2D eigenvalue weighted by Crippen LogP contribution is -2.04. The zero-order valence-corrected chi connectivity index (χ0v) is 9.97. The molecule has 0 aliphatic carbocycles. The van der Waals surface area contributed by atoms with E-state index in [-0.39, 0.29) is 17.2 Å². The molecule has 76 valence electrons. The van der Waals surface area contributed by atoms with Gasteiger partial charge in [-0.3, -0.25) is 4.79 Å². The van der Waals surface area contributed by atoms with Crippen molar-refractivity contribution in [3.63, 3.8) is 0 Å². The Balaban J connectivity index is 3.13. The molecule has 0 radical (unpaired) electrons. The minimum Gasteiger partial charge on any atom is -0.392 e. The number of ketones is 1. The molecule has 0 saturated heterocycles. The topological polar surface area (TPSA) is 37.3 Å². The lowest BCUT2D eigenvalue weighted by Gasteiger charge is -2.11. The van der Waals surface area contributed by atoms with Crippen molar-refractivity contribution in [1.82, 2.24) is 0 Å². The van der Waals surface area contributed by atoms with Crippen LogP contribution in [0.5, 0.6) is 0 Å². The van der Waals surface area contributed by atoms with Crippen LogP contribution in [0.4, 0.5) is 0 Å². The Kier molecular flexibility index (Phi) is 4.11. The van der Waals surface area contributed by atoms with E-state index >= 15 is 0 Å². The molecule has 0 heterocycles. The third-order valence-electron chi connectivity index (χ3n) is 1.91. The Morgan fingerprint density at radius 1 is 1.64 bits per heavy atom. The van der Waals surface area contributed by atoms with Gasteiger partial charge in [-0.15, -0.1) is 0 Å². The molecule has 0 bridgehead atoms. The van der Waals surface area contributed by atoms with Crippen molar-refractivity contribution in [2.24, 2.45) is 0 Å². The van der Waals surface area contributed by atoms with Crippen LogP contribution in [0.3, 0.4) is 0 Å². The van der Waals surface area contributed by atoms with Gasteiger partial charge in [0.25, 0.3) is 0 Å². The molecule has 0 saturated carbocycles. The van der Waals surface area contributed by atoms with Crippen molar-refractivity contribution in [2.75, 3.05) is 0 Å². The number of aliphatic hydroxyl groups excluding tert-OH is 1. The van der Waals surface area contributed by atoms with Crippen molar-refractivity contribution < 1.29 is 9.90 Å². The second-order valence-corrected chi connectivity index (χ2v) is 4.33. The minimum atomic E-state index is -0.373. The highest BCUT2D eigenvalue weighted by atomic mass is 79.9. The van der Waals surface area contributed by atoms with Crippen molar-refractivity contribution in [2.45, 2.75) is 18.4 Å². The minimum absolute atomic E-state index is 0.00187. The van der Waals surface area contributed by atoms with E-state index in [1.165, 1.54) is 6.92 Å². The number of Topliss-reactive ketones (excluding diaryl/α,β-unsaturated/α-hetero) is 1. The van der Waals surface area contributed by atoms with Gasteiger partial charge in [-0.25, -0.2) is 0 Å². The van der Waals surface area contributed by atoms with Crippen molar-refractivity contribution in [3.8, 4) is 0 Å². The highest BCUT2D eigenvalue weighted by molar-refractivity contribution is 9.09. The lowest BCUT2D eigenvalue weighted by molar-refractivity contribution is -0.116. The second-order valence-electron chi connectivity index (χ2n) is 2.97. The lowest BCUT2D eigenvalue weighted by atomic mass is 10.0. The first-order chi connectivity index (χ1) is 6.56. The second kappa shape index (κ2) is 4.91. The summed E-state index contributed by atoms with van der Waals surface area (Å²) in [5.41, 5.74) is 1.44. The number of rotatable bonds is 3. The molecule has 1 N–H and O–H groups in total. The van der Waals surface area contributed by atoms with Crippen LogP contribution in [-0.2, 0) is 11.4 Å². The summed E-state index contributed by atoms with van der Waals surface area (Å²) >= 11 is 9.03. The Bertz CT molecular complexity index is 352. The summed E-state index contributed by atoms with van der Waals surface area (Å²) in [6.07, 6.45) is 0. The average molecular weight is 278 g/mol. The number of hydrogen-bond donors (Lipinski definition) is 1. The molecule has 1 unspecified atom stereocenters. The summed E-state index contributed by atoms with van der Waals surface area (Å²) in [7, 11) is 0. The molecule has 1 atom stereocenters. The van der Waals surface area contributed by atoms with E-state index in [1.807, 2.05) is 0 Å². The highest BCUT2D eigenvalue weighted by Crippen LogP contribution is 2.28. The van der Waals surface area contributed by atoms with E-state index in [1.54, 1.807) is 18.2 Å². The Labute approximate surface area is 96.0 Å². The maximum atomic E-state index is 11.1. The third kappa shape index (κ3) is 2.56. The smallest absolute Gasteiger partial charge is 0.147 e. The maximum Gasteiger partial charge on any atom is 0.147 e. The molecule has 0 amide bonds. The van der Waals surface area contributed by atoms with Gasteiger partial charge in [0.1, 0.15) is 5.78 Å². The molecule has 1 aromatic carbocycles. The fourth-order valence-corrected chi connectivity index (χ4v) is 1.82. The van der Waals surface area contributed by atoms with Gasteiger partial charge in [-0.2, -0.15) is 0 Å². The van der Waals surface area contributed by atoms with E-state index < -0.39 is 0 Å². The SMILES string of the molecule is CC(=O)C(Br)c1ccc(Cl)cc1CO. The first-order valence-electron chi connectivity index (χ1n) is 4.10. The molecule has 0 fully saturated rings. The highest BCUT2D eigenvalue weighted by Gasteiger charge is 2.16. The van der Waals surface area contributed by atoms with E-state index in [0.717, 1.165) is 5.56 Å². The maximum absolute atomic E-state index is 11.1. The zero-order chi connectivity index (χ0) is 10.7. The number of hydrogen-bond acceptors (Lipinski definition) is 2. The number of alkyl halides is 1. The van der Waals surface area contributed by atoms with Gasteiger partial charge in [0.2, 0.25) is 0 Å². The van der Waals surface area contributed by atoms with Crippen molar-refractivity contribution in [3.05, 3.63) is 34.3 Å². The van der Waals surface area contributed by atoms with Crippen LogP contribution in [0.1, 0.15) is 22.9 Å². The quantitative estimate of drug-likeness (QED) is 0.863. The molecular formula is C10H10BrClO2. The van der Waals surface area contributed by atoms with E-state index in [9.17, 15) is 4.79 Å². The van der Waals surface area contributed by atoms with E-state index in [0.29, 0.717) is 10.6 Å².